The van der Waals surface area contributed by atoms with Crippen LogP contribution in [-0.2, 0) is 9.53 Å². The first-order valence-corrected chi connectivity index (χ1v) is 16.4. The van der Waals surface area contributed by atoms with E-state index in [4.69, 9.17) is 24.5 Å². The van der Waals surface area contributed by atoms with Crippen molar-refractivity contribution in [2.75, 3.05) is 94.4 Å². The standard InChI is InChI=1S/C34H41N9O4/c1-46-32-29(42-15-13-40(14-16-42)26-20-47-21-26)4-5-30(38-32)39-33-36-10-6-27(37-33)24-2-3-28(25(18-24)19-35)41-11-8-34(9-12-41)22-43(23-34)31(45)7-17-44/h2-6,10,18,26,44H,7-9,11-17,20-23H2,1H3,(H,36,37,38,39). The van der Waals surface area contributed by atoms with Crippen LogP contribution in [0.4, 0.5) is 23.1 Å². The van der Waals surface area contributed by atoms with Crippen LogP contribution in [-0.4, -0.2) is 121 Å². The minimum Gasteiger partial charge on any atom is -0.479 e. The van der Waals surface area contributed by atoms with E-state index in [9.17, 15) is 10.1 Å². The third-order valence-corrected chi connectivity index (χ3v) is 10.0. The second-order valence-electron chi connectivity index (χ2n) is 12.9. The first-order chi connectivity index (χ1) is 23.0. The molecule has 3 aromatic rings. The molecule has 7 rings (SSSR count). The van der Waals surface area contributed by atoms with Crippen molar-refractivity contribution in [3.63, 3.8) is 0 Å². The quantitative estimate of drug-likeness (QED) is 0.355. The molecule has 2 aromatic heterocycles. The molecule has 2 N–H and O–H groups in total. The Labute approximate surface area is 274 Å². The molecule has 4 saturated heterocycles. The van der Waals surface area contributed by atoms with E-state index in [1.807, 2.05) is 41.3 Å². The van der Waals surface area contributed by atoms with Gasteiger partial charge < -0.3 is 34.6 Å². The van der Waals surface area contributed by atoms with Gasteiger partial charge in [-0.15, -0.1) is 0 Å². The van der Waals surface area contributed by atoms with Gasteiger partial charge in [0.2, 0.25) is 17.7 Å². The lowest BCUT2D eigenvalue weighted by Crippen LogP contribution is -2.62. The number of piperazine rings is 1. The number of methoxy groups -OCH3 is 1. The van der Waals surface area contributed by atoms with Gasteiger partial charge in [-0.2, -0.15) is 10.2 Å². The van der Waals surface area contributed by atoms with Crippen molar-refractivity contribution in [3.05, 3.63) is 48.2 Å². The van der Waals surface area contributed by atoms with Gasteiger partial charge in [-0.25, -0.2) is 9.97 Å². The van der Waals surface area contributed by atoms with Gasteiger partial charge in [0, 0.05) is 76.0 Å². The number of anilines is 4. The summed E-state index contributed by atoms with van der Waals surface area (Å²) < 4.78 is 11.0. The molecule has 13 nitrogen and oxygen atoms in total. The van der Waals surface area contributed by atoms with Gasteiger partial charge in [-0.1, -0.05) is 6.07 Å². The third kappa shape index (κ3) is 6.41. The highest BCUT2D eigenvalue weighted by Crippen LogP contribution is 2.42. The lowest BCUT2D eigenvalue weighted by Gasteiger charge is -2.54. The van der Waals surface area contributed by atoms with Crippen LogP contribution in [0.5, 0.6) is 5.88 Å². The number of carbonyl (C=O) groups is 1. The average Bonchev–Trinajstić information content (AvgIpc) is 3.07. The average molecular weight is 640 g/mol. The number of likely N-dealkylation sites (tertiary alicyclic amines) is 1. The number of amides is 1. The molecule has 4 aliphatic rings. The SMILES string of the molecule is COc1nc(Nc2nccc(-c3ccc(N4CCC5(CC4)CN(C(=O)CCO)C5)c(C#N)c3)n2)ccc1N1CCN(C2COC2)CC1. The lowest BCUT2D eigenvalue weighted by atomic mass is 9.71. The Kier molecular flexibility index (Phi) is 8.81. The van der Waals surface area contributed by atoms with Gasteiger partial charge in [-0.3, -0.25) is 9.69 Å². The third-order valence-electron chi connectivity index (χ3n) is 10.0. The minimum atomic E-state index is -0.105. The number of aliphatic hydroxyl groups excluding tert-OH is 1. The Morgan fingerprint density at radius 1 is 1.04 bits per heavy atom. The van der Waals surface area contributed by atoms with Crippen molar-refractivity contribution in [3.8, 4) is 23.2 Å². The normalized spacial score (nSPS) is 19.6. The molecule has 0 bridgehead atoms. The van der Waals surface area contributed by atoms with E-state index < -0.39 is 0 Å². The molecule has 6 heterocycles. The Morgan fingerprint density at radius 2 is 1.79 bits per heavy atom. The van der Waals surface area contributed by atoms with E-state index in [0.29, 0.717) is 34.9 Å². The van der Waals surface area contributed by atoms with Crippen molar-refractivity contribution in [2.45, 2.75) is 25.3 Å². The number of aromatic nitrogens is 3. The number of carbonyl (C=O) groups excluding carboxylic acids is 1. The molecule has 0 saturated carbocycles. The number of pyridine rings is 1. The van der Waals surface area contributed by atoms with Crippen LogP contribution in [0.1, 0.15) is 24.8 Å². The summed E-state index contributed by atoms with van der Waals surface area (Å²) in [4.78, 5) is 34.9. The molecule has 246 valence electrons. The van der Waals surface area contributed by atoms with E-state index in [1.54, 1.807) is 13.3 Å². The summed E-state index contributed by atoms with van der Waals surface area (Å²) in [5.74, 6) is 1.56. The maximum Gasteiger partial charge on any atom is 0.239 e. The molecule has 0 atom stereocenters. The molecule has 0 radical (unpaired) electrons. The molecule has 47 heavy (non-hydrogen) atoms. The van der Waals surface area contributed by atoms with Gasteiger partial charge in [0.15, 0.2) is 0 Å². The molecular formula is C34H41N9O4. The second kappa shape index (κ2) is 13.3. The van der Waals surface area contributed by atoms with Gasteiger partial charge in [-0.05, 0) is 43.2 Å². The summed E-state index contributed by atoms with van der Waals surface area (Å²) in [6.45, 7) is 8.52. The highest BCUT2D eigenvalue weighted by molar-refractivity contribution is 5.77. The predicted molar refractivity (Wildman–Crippen MR) is 177 cm³/mol. The van der Waals surface area contributed by atoms with E-state index in [2.05, 4.69) is 31.1 Å². The summed E-state index contributed by atoms with van der Waals surface area (Å²) >= 11 is 0. The Bertz CT molecular complexity index is 1630. The molecule has 1 spiro atoms. The number of piperidine rings is 1. The number of aliphatic hydroxyl groups is 1. The van der Waals surface area contributed by atoms with Crippen LogP contribution in [0.3, 0.4) is 0 Å². The highest BCUT2D eigenvalue weighted by Gasteiger charge is 2.46. The summed E-state index contributed by atoms with van der Waals surface area (Å²) in [5.41, 5.74) is 4.16. The van der Waals surface area contributed by atoms with Gasteiger partial charge in [0.1, 0.15) is 17.6 Å². The predicted octanol–water partition coefficient (Wildman–Crippen LogP) is 2.49. The fourth-order valence-corrected chi connectivity index (χ4v) is 7.14. The smallest absolute Gasteiger partial charge is 0.239 e. The van der Waals surface area contributed by atoms with Crippen molar-refractivity contribution >= 4 is 29.0 Å². The van der Waals surface area contributed by atoms with Crippen LogP contribution in [0, 0.1) is 16.7 Å². The number of hydrogen-bond acceptors (Lipinski definition) is 12. The molecule has 0 aliphatic carbocycles. The largest absolute Gasteiger partial charge is 0.479 e. The van der Waals surface area contributed by atoms with E-state index in [-0.39, 0.29) is 24.3 Å². The zero-order valence-corrected chi connectivity index (χ0v) is 26.8. The maximum atomic E-state index is 12.1. The zero-order chi connectivity index (χ0) is 32.4. The first-order valence-electron chi connectivity index (χ1n) is 16.4. The topological polar surface area (TPSA) is 143 Å². The molecule has 1 amide bonds. The van der Waals surface area contributed by atoms with Crippen LogP contribution in [0.25, 0.3) is 11.3 Å². The Hall–Kier alpha value is -4.51. The molecular weight excluding hydrogens is 598 g/mol. The van der Waals surface area contributed by atoms with Gasteiger partial charge in [0.05, 0.1) is 49.9 Å². The monoisotopic (exact) mass is 639 g/mol. The number of benzene rings is 1. The number of nitrogens with zero attached hydrogens (tertiary/aromatic N) is 8. The first kappa shape index (κ1) is 31.1. The van der Waals surface area contributed by atoms with Crippen molar-refractivity contribution in [2.24, 2.45) is 5.41 Å². The van der Waals surface area contributed by atoms with E-state index in [0.717, 1.165) is 95.4 Å². The second-order valence-corrected chi connectivity index (χ2v) is 12.9. The maximum absolute atomic E-state index is 12.1. The van der Waals surface area contributed by atoms with Crippen LogP contribution < -0.4 is 19.9 Å². The molecule has 0 unspecified atom stereocenters. The van der Waals surface area contributed by atoms with Crippen molar-refractivity contribution in [1.82, 2.24) is 24.8 Å². The molecule has 1 aromatic carbocycles. The van der Waals surface area contributed by atoms with Crippen LogP contribution >= 0.6 is 0 Å². The highest BCUT2D eigenvalue weighted by atomic mass is 16.5. The summed E-state index contributed by atoms with van der Waals surface area (Å²) in [6.07, 6.45) is 3.82. The number of hydrogen-bond donors (Lipinski definition) is 2. The number of nitrogens with one attached hydrogen (secondary N) is 1. The Morgan fingerprint density at radius 3 is 2.47 bits per heavy atom. The van der Waals surface area contributed by atoms with Gasteiger partial charge >= 0.3 is 0 Å². The fraction of sp³-hybridized carbons (Fsp3) is 0.500. The zero-order valence-electron chi connectivity index (χ0n) is 26.8. The van der Waals surface area contributed by atoms with Gasteiger partial charge in [0.25, 0.3) is 0 Å². The van der Waals surface area contributed by atoms with E-state index in [1.165, 1.54) is 0 Å². The molecule has 4 aliphatic heterocycles. The van der Waals surface area contributed by atoms with Crippen LogP contribution in [0.15, 0.2) is 42.6 Å². The lowest BCUT2D eigenvalue weighted by molar-refractivity contribution is -0.145. The molecule has 4 fully saturated rings. The number of nitriles is 1. The van der Waals surface area contributed by atoms with Crippen LogP contribution in [0.2, 0.25) is 0 Å². The summed E-state index contributed by atoms with van der Waals surface area (Å²) in [7, 11) is 1.64. The van der Waals surface area contributed by atoms with Crippen molar-refractivity contribution < 1.29 is 19.4 Å². The number of ether oxygens (including phenoxy) is 2. The van der Waals surface area contributed by atoms with E-state index >= 15 is 0 Å². The fourth-order valence-electron chi connectivity index (χ4n) is 7.14. The van der Waals surface area contributed by atoms with Crippen molar-refractivity contribution in [1.29, 1.82) is 5.26 Å². The summed E-state index contributed by atoms with van der Waals surface area (Å²) in [6, 6.07) is 14.6. The minimum absolute atomic E-state index is 0.0278. The number of rotatable bonds is 9. The Balaban J connectivity index is 0.992. The molecule has 13 heteroatoms. The summed E-state index contributed by atoms with van der Waals surface area (Å²) in [5, 5.41) is 22.4.